The summed E-state index contributed by atoms with van der Waals surface area (Å²) in [5, 5.41) is 4.40. The standard InChI is InChI=1S/C13H22N2O2S/c1-6-10-7-14-11(18-10)9(2)15-8-13(3,4)12(16)17-5/h7,9,15H,6,8H2,1-5H3. The van der Waals surface area contributed by atoms with Gasteiger partial charge in [0, 0.05) is 17.6 Å². The summed E-state index contributed by atoms with van der Waals surface area (Å²) in [6.07, 6.45) is 2.93. The second kappa shape index (κ2) is 6.29. The average molecular weight is 270 g/mol. The predicted molar refractivity (Wildman–Crippen MR) is 73.7 cm³/mol. The van der Waals surface area contributed by atoms with Gasteiger partial charge in [-0.05, 0) is 27.2 Å². The Labute approximate surface area is 113 Å². The third-order valence-electron chi connectivity index (χ3n) is 2.88. The molecule has 0 aliphatic rings. The highest BCUT2D eigenvalue weighted by atomic mass is 32.1. The van der Waals surface area contributed by atoms with Crippen molar-refractivity contribution in [2.75, 3.05) is 13.7 Å². The Morgan fingerprint density at radius 2 is 2.28 bits per heavy atom. The second-order valence-electron chi connectivity index (χ2n) is 5.00. The number of esters is 1. The minimum atomic E-state index is -0.520. The van der Waals surface area contributed by atoms with Crippen LogP contribution in [-0.2, 0) is 16.0 Å². The smallest absolute Gasteiger partial charge is 0.312 e. The van der Waals surface area contributed by atoms with Gasteiger partial charge in [-0.25, -0.2) is 4.98 Å². The fourth-order valence-electron chi connectivity index (χ4n) is 1.53. The molecule has 0 radical (unpaired) electrons. The van der Waals surface area contributed by atoms with Crippen molar-refractivity contribution in [3.63, 3.8) is 0 Å². The molecule has 1 N–H and O–H groups in total. The lowest BCUT2D eigenvalue weighted by molar-refractivity contribution is -0.150. The van der Waals surface area contributed by atoms with E-state index in [1.165, 1.54) is 12.0 Å². The van der Waals surface area contributed by atoms with Gasteiger partial charge in [0.2, 0.25) is 0 Å². The molecule has 0 aliphatic heterocycles. The Bertz CT molecular complexity index is 401. The number of nitrogens with zero attached hydrogens (tertiary/aromatic N) is 1. The minimum Gasteiger partial charge on any atom is -0.469 e. The SMILES string of the molecule is CCc1cnc(C(C)NCC(C)(C)C(=O)OC)s1. The quantitative estimate of drug-likeness (QED) is 0.807. The van der Waals surface area contributed by atoms with Crippen molar-refractivity contribution in [2.24, 2.45) is 5.41 Å². The summed E-state index contributed by atoms with van der Waals surface area (Å²) in [6.45, 7) is 8.50. The van der Waals surface area contributed by atoms with Crippen LogP contribution in [0.25, 0.3) is 0 Å². The molecule has 0 saturated heterocycles. The molecule has 102 valence electrons. The van der Waals surface area contributed by atoms with E-state index in [2.05, 4.69) is 24.1 Å². The predicted octanol–water partition coefficient (Wildman–Crippen LogP) is 2.56. The maximum Gasteiger partial charge on any atom is 0.312 e. The van der Waals surface area contributed by atoms with Gasteiger partial charge in [-0.15, -0.1) is 11.3 Å². The lowest BCUT2D eigenvalue weighted by Crippen LogP contribution is -2.37. The summed E-state index contributed by atoms with van der Waals surface area (Å²) in [5.74, 6) is -0.199. The van der Waals surface area contributed by atoms with E-state index in [9.17, 15) is 4.79 Å². The molecule has 0 amide bonds. The van der Waals surface area contributed by atoms with E-state index in [-0.39, 0.29) is 12.0 Å². The van der Waals surface area contributed by atoms with Crippen molar-refractivity contribution >= 4 is 17.3 Å². The zero-order valence-corrected chi connectivity index (χ0v) is 12.6. The normalized spacial score (nSPS) is 13.4. The maximum atomic E-state index is 11.6. The molecule has 1 heterocycles. The van der Waals surface area contributed by atoms with E-state index < -0.39 is 5.41 Å². The Kier molecular flexibility index (Phi) is 5.28. The fourth-order valence-corrected chi connectivity index (χ4v) is 2.41. The number of ether oxygens (including phenoxy) is 1. The maximum absolute atomic E-state index is 11.6. The molecule has 18 heavy (non-hydrogen) atoms. The number of carbonyl (C=O) groups excluding carboxylic acids is 1. The van der Waals surface area contributed by atoms with E-state index in [0.717, 1.165) is 11.4 Å². The summed E-state index contributed by atoms with van der Waals surface area (Å²) < 4.78 is 4.78. The minimum absolute atomic E-state index is 0.152. The van der Waals surface area contributed by atoms with Crippen LogP contribution in [0.3, 0.4) is 0 Å². The van der Waals surface area contributed by atoms with Crippen molar-refractivity contribution in [3.8, 4) is 0 Å². The van der Waals surface area contributed by atoms with Gasteiger partial charge in [-0.1, -0.05) is 6.92 Å². The first-order valence-electron chi connectivity index (χ1n) is 6.17. The summed E-state index contributed by atoms with van der Waals surface area (Å²) >= 11 is 1.72. The molecular weight excluding hydrogens is 248 g/mol. The van der Waals surface area contributed by atoms with Crippen LogP contribution in [0.4, 0.5) is 0 Å². The van der Waals surface area contributed by atoms with Crippen LogP contribution in [0.2, 0.25) is 0 Å². The molecule has 0 aliphatic carbocycles. The molecule has 1 aromatic rings. The lowest BCUT2D eigenvalue weighted by atomic mass is 9.93. The van der Waals surface area contributed by atoms with Crippen LogP contribution in [0, 0.1) is 5.41 Å². The van der Waals surface area contributed by atoms with Gasteiger partial charge < -0.3 is 10.1 Å². The first kappa shape index (κ1) is 15.1. The summed E-state index contributed by atoms with van der Waals surface area (Å²) in [5.41, 5.74) is -0.520. The van der Waals surface area contributed by atoms with Gasteiger partial charge in [0.1, 0.15) is 5.01 Å². The molecule has 0 spiro atoms. The molecule has 0 bridgehead atoms. The van der Waals surface area contributed by atoms with E-state index in [1.54, 1.807) is 11.3 Å². The van der Waals surface area contributed by atoms with Gasteiger partial charge in [0.05, 0.1) is 18.6 Å². The molecule has 0 aromatic carbocycles. The fraction of sp³-hybridized carbons (Fsp3) is 0.692. The van der Waals surface area contributed by atoms with Gasteiger partial charge in [-0.2, -0.15) is 0 Å². The van der Waals surface area contributed by atoms with Crippen molar-refractivity contribution in [1.29, 1.82) is 0 Å². The molecule has 1 atom stereocenters. The van der Waals surface area contributed by atoms with Crippen molar-refractivity contribution < 1.29 is 9.53 Å². The number of rotatable bonds is 6. The summed E-state index contributed by atoms with van der Waals surface area (Å²) in [7, 11) is 1.42. The Morgan fingerprint density at radius 1 is 1.61 bits per heavy atom. The number of thiazole rings is 1. The zero-order valence-electron chi connectivity index (χ0n) is 11.7. The van der Waals surface area contributed by atoms with Gasteiger partial charge >= 0.3 is 5.97 Å². The highest BCUT2D eigenvalue weighted by Gasteiger charge is 2.29. The Balaban J connectivity index is 2.55. The van der Waals surface area contributed by atoms with E-state index in [1.807, 2.05) is 20.0 Å². The first-order chi connectivity index (χ1) is 8.40. The molecule has 5 heteroatoms. The third kappa shape index (κ3) is 3.78. The average Bonchev–Trinajstić information content (AvgIpc) is 2.83. The number of aromatic nitrogens is 1. The lowest BCUT2D eigenvalue weighted by Gasteiger charge is -2.23. The van der Waals surface area contributed by atoms with Crippen molar-refractivity contribution in [3.05, 3.63) is 16.1 Å². The molecule has 1 unspecified atom stereocenters. The number of methoxy groups -OCH3 is 1. The van der Waals surface area contributed by atoms with E-state index in [0.29, 0.717) is 6.54 Å². The summed E-state index contributed by atoms with van der Waals surface area (Å²) in [4.78, 5) is 17.2. The highest BCUT2D eigenvalue weighted by molar-refractivity contribution is 7.11. The monoisotopic (exact) mass is 270 g/mol. The summed E-state index contributed by atoms with van der Waals surface area (Å²) in [6, 6.07) is 0.152. The number of hydrogen-bond acceptors (Lipinski definition) is 5. The van der Waals surface area contributed by atoms with E-state index in [4.69, 9.17) is 4.74 Å². The third-order valence-corrected chi connectivity index (χ3v) is 4.20. The molecule has 1 aromatic heterocycles. The van der Waals surface area contributed by atoms with Crippen LogP contribution >= 0.6 is 11.3 Å². The number of nitrogens with one attached hydrogen (secondary N) is 1. The van der Waals surface area contributed by atoms with Crippen LogP contribution in [0.5, 0.6) is 0 Å². The largest absolute Gasteiger partial charge is 0.469 e. The molecular formula is C13H22N2O2S. The van der Waals surface area contributed by atoms with Crippen LogP contribution < -0.4 is 5.32 Å². The molecule has 4 nitrogen and oxygen atoms in total. The molecule has 0 saturated carbocycles. The van der Waals surface area contributed by atoms with Gasteiger partial charge in [0.15, 0.2) is 0 Å². The number of carbonyl (C=O) groups is 1. The van der Waals surface area contributed by atoms with Gasteiger partial charge in [0.25, 0.3) is 0 Å². The van der Waals surface area contributed by atoms with Crippen molar-refractivity contribution in [1.82, 2.24) is 10.3 Å². The molecule has 1 rings (SSSR count). The topological polar surface area (TPSA) is 51.2 Å². The van der Waals surface area contributed by atoms with Gasteiger partial charge in [-0.3, -0.25) is 4.79 Å². The number of hydrogen-bond donors (Lipinski definition) is 1. The Hall–Kier alpha value is -0.940. The van der Waals surface area contributed by atoms with E-state index >= 15 is 0 Å². The highest BCUT2D eigenvalue weighted by Crippen LogP contribution is 2.22. The zero-order chi connectivity index (χ0) is 13.8. The first-order valence-corrected chi connectivity index (χ1v) is 6.98. The Morgan fingerprint density at radius 3 is 2.78 bits per heavy atom. The second-order valence-corrected chi connectivity index (χ2v) is 6.14. The molecule has 0 fully saturated rings. The van der Waals surface area contributed by atoms with Crippen LogP contribution in [0.15, 0.2) is 6.20 Å². The number of aryl methyl sites for hydroxylation is 1. The van der Waals surface area contributed by atoms with Crippen LogP contribution in [0.1, 0.15) is 43.6 Å². The van der Waals surface area contributed by atoms with Crippen molar-refractivity contribution in [2.45, 2.75) is 40.2 Å². The van der Waals surface area contributed by atoms with Crippen LogP contribution in [-0.4, -0.2) is 24.6 Å².